The van der Waals surface area contributed by atoms with Crippen LogP contribution in [0.2, 0.25) is 0 Å². The molecule has 0 spiro atoms. The highest BCUT2D eigenvalue weighted by molar-refractivity contribution is 5.92. The summed E-state index contributed by atoms with van der Waals surface area (Å²) in [5, 5.41) is 3.19. The molecule has 172 valence electrons. The lowest BCUT2D eigenvalue weighted by atomic mass is 10.0. The molecule has 10 heteroatoms. The Balaban J connectivity index is 1.40. The number of nitrogens with one attached hydrogen (secondary N) is 1. The van der Waals surface area contributed by atoms with Crippen molar-refractivity contribution in [2.75, 3.05) is 11.9 Å². The molecule has 1 aliphatic heterocycles. The smallest absolute Gasteiger partial charge is 0.268 e. The highest BCUT2D eigenvalue weighted by atomic mass is 19.1. The molecule has 3 N–H and O–H groups in total. The fourth-order valence-electron chi connectivity index (χ4n) is 4.38. The zero-order chi connectivity index (χ0) is 23.4. The van der Waals surface area contributed by atoms with Gasteiger partial charge in [0, 0.05) is 65.4 Å². The second kappa shape index (κ2) is 7.75. The topological polar surface area (TPSA) is 120 Å². The maximum absolute atomic E-state index is 14.6. The third kappa shape index (κ3) is 3.42. The van der Waals surface area contributed by atoms with Crippen LogP contribution < -0.4 is 15.8 Å². The number of hydrogen-bond acceptors (Lipinski definition) is 7. The molecule has 1 amide bonds. The lowest BCUT2D eigenvalue weighted by molar-refractivity contribution is 0.0996. The van der Waals surface area contributed by atoms with Crippen LogP contribution in [-0.4, -0.2) is 36.9 Å². The van der Waals surface area contributed by atoms with Gasteiger partial charge in [0.1, 0.15) is 28.7 Å². The molecule has 4 aromatic rings. The maximum Gasteiger partial charge on any atom is 0.268 e. The highest BCUT2D eigenvalue weighted by Gasteiger charge is 2.27. The normalized spacial score (nSPS) is 14.8. The number of ether oxygens (including phenoxy) is 1. The summed E-state index contributed by atoms with van der Waals surface area (Å²) in [6.45, 7) is 2.65. The van der Waals surface area contributed by atoms with E-state index < -0.39 is 5.91 Å². The minimum atomic E-state index is -0.651. The van der Waals surface area contributed by atoms with Gasteiger partial charge < -0.3 is 15.8 Å². The van der Waals surface area contributed by atoms with E-state index in [1.807, 2.05) is 6.92 Å². The van der Waals surface area contributed by atoms with Crippen molar-refractivity contribution in [1.82, 2.24) is 24.3 Å². The van der Waals surface area contributed by atoms with Gasteiger partial charge >= 0.3 is 0 Å². The predicted molar refractivity (Wildman–Crippen MR) is 122 cm³/mol. The number of rotatable bonds is 6. The van der Waals surface area contributed by atoms with Crippen LogP contribution in [0.1, 0.15) is 51.9 Å². The number of nitrogens with two attached hydrogens (primary N) is 1. The largest absolute Gasteiger partial charge is 0.493 e. The van der Waals surface area contributed by atoms with E-state index in [-0.39, 0.29) is 18.1 Å². The van der Waals surface area contributed by atoms with E-state index in [2.05, 4.69) is 25.3 Å². The summed E-state index contributed by atoms with van der Waals surface area (Å²) < 4.78 is 21.8. The highest BCUT2D eigenvalue weighted by Crippen LogP contribution is 2.39. The number of aromatic nitrogens is 5. The van der Waals surface area contributed by atoms with Crippen molar-refractivity contribution in [3.05, 3.63) is 64.9 Å². The zero-order valence-electron chi connectivity index (χ0n) is 18.5. The van der Waals surface area contributed by atoms with Crippen molar-refractivity contribution in [1.29, 1.82) is 0 Å². The molecule has 0 saturated heterocycles. The molecule has 0 atom stereocenters. The Labute approximate surface area is 194 Å². The molecule has 0 radical (unpaired) electrons. The van der Waals surface area contributed by atoms with Crippen molar-refractivity contribution in [3.8, 4) is 16.9 Å². The molecule has 1 saturated carbocycles. The lowest BCUT2D eigenvalue weighted by Crippen LogP contribution is -2.11. The Morgan fingerprint density at radius 1 is 1.24 bits per heavy atom. The molecule has 0 unspecified atom stereocenters. The van der Waals surface area contributed by atoms with Gasteiger partial charge in [0.05, 0.1) is 6.61 Å². The third-order valence-corrected chi connectivity index (χ3v) is 6.34. The van der Waals surface area contributed by atoms with Crippen LogP contribution >= 0.6 is 0 Å². The number of nitrogens with zero attached hydrogens (tertiary/aromatic N) is 5. The molecule has 4 heterocycles. The first-order valence-electron chi connectivity index (χ1n) is 11.2. The number of halogens is 1. The number of hydrogen-bond donors (Lipinski definition) is 2. The Morgan fingerprint density at radius 2 is 2.06 bits per heavy atom. The SMILES string of the molecule is Cc1nc(C2CC2)ncc1-c1cnc(NCc2c(F)ccc3c2CCO3)n2cc(C(N)=O)nc12. The molecular formula is C24H22FN7O2. The van der Waals surface area contributed by atoms with Crippen LogP contribution in [0.15, 0.2) is 30.7 Å². The number of anilines is 1. The molecule has 1 fully saturated rings. The van der Waals surface area contributed by atoms with Crippen LogP contribution in [0.3, 0.4) is 0 Å². The lowest BCUT2D eigenvalue weighted by Gasteiger charge is -2.13. The first-order chi connectivity index (χ1) is 16.5. The summed E-state index contributed by atoms with van der Waals surface area (Å²) in [6.07, 6.45) is 7.85. The molecule has 1 aromatic carbocycles. The van der Waals surface area contributed by atoms with Gasteiger partial charge in [-0.1, -0.05) is 0 Å². The van der Waals surface area contributed by atoms with E-state index >= 15 is 0 Å². The van der Waals surface area contributed by atoms with Gasteiger partial charge in [0.25, 0.3) is 5.91 Å². The minimum Gasteiger partial charge on any atom is -0.493 e. The second-order valence-corrected chi connectivity index (χ2v) is 8.64. The van der Waals surface area contributed by atoms with Gasteiger partial charge in [-0.05, 0) is 31.9 Å². The molecule has 0 bridgehead atoms. The van der Waals surface area contributed by atoms with E-state index in [1.165, 1.54) is 12.3 Å². The molecule has 6 rings (SSSR count). The van der Waals surface area contributed by atoms with Crippen LogP contribution in [0.5, 0.6) is 5.75 Å². The Kier molecular flexibility index (Phi) is 4.68. The summed E-state index contributed by atoms with van der Waals surface area (Å²) >= 11 is 0. The van der Waals surface area contributed by atoms with Crippen molar-refractivity contribution >= 4 is 17.5 Å². The number of aryl methyl sites for hydroxylation is 1. The maximum atomic E-state index is 14.6. The zero-order valence-corrected chi connectivity index (χ0v) is 18.5. The summed E-state index contributed by atoms with van der Waals surface area (Å²) in [5.41, 5.74) is 9.75. The summed E-state index contributed by atoms with van der Waals surface area (Å²) in [6, 6.07) is 3.06. The van der Waals surface area contributed by atoms with Crippen molar-refractivity contribution in [2.24, 2.45) is 5.73 Å². The number of carbonyl (C=O) groups excluding carboxylic acids is 1. The van der Waals surface area contributed by atoms with Crippen molar-refractivity contribution in [2.45, 2.75) is 38.6 Å². The second-order valence-electron chi connectivity index (χ2n) is 8.64. The summed E-state index contributed by atoms with van der Waals surface area (Å²) in [7, 11) is 0. The van der Waals surface area contributed by atoms with Gasteiger partial charge in [-0.2, -0.15) is 0 Å². The first-order valence-corrected chi connectivity index (χ1v) is 11.2. The van der Waals surface area contributed by atoms with Gasteiger partial charge in [-0.25, -0.2) is 24.3 Å². The number of benzene rings is 1. The average molecular weight is 459 g/mol. The first kappa shape index (κ1) is 20.5. The number of fused-ring (bicyclic) bond motifs is 2. The van der Waals surface area contributed by atoms with Gasteiger partial charge in [0.15, 0.2) is 0 Å². The van der Waals surface area contributed by atoms with E-state index in [1.54, 1.807) is 22.9 Å². The molecule has 3 aromatic heterocycles. The summed E-state index contributed by atoms with van der Waals surface area (Å²) in [4.78, 5) is 30.1. The van der Waals surface area contributed by atoms with E-state index in [0.29, 0.717) is 47.4 Å². The molecule has 9 nitrogen and oxygen atoms in total. The van der Waals surface area contributed by atoms with Crippen molar-refractivity contribution in [3.63, 3.8) is 0 Å². The molecular weight excluding hydrogens is 437 g/mol. The van der Waals surface area contributed by atoms with Crippen LogP contribution in [0.25, 0.3) is 16.8 Å². The number of imidazole rings is 1. The third-order valence-electron chi connectivity index (χ3n) is 6.34. The number of primary amides is 1. The number of amides is 1. The Morgan fingerprint density at radius 3 is 2.82 bits per heavy atom. The van der Waals surface area contributed by atoms with E-state index in [0.717, 1.165) is 35.5 Å². The van der Waals surface area contributed by atoms with E-state index in [4.69, 9.17) is 10.5 Å². The predicted octanol–water partition coefficient (Wildman–Crippen LogP) is 3.16. The van der Waals surface area contributed by atoms with Gasteiger partial charge in [0.2, 0.25) is 5.95 Å². The average Bonchev–Trinajstić information content (AvgIpc) is 3.38. The quantitative estimate of drug-likeness (QED) is 0.454. The van der Waals surface area contributed by atoms with Crippen molar-refractivity contribution < 1.29 is 13.9 Å². The van der Waals surface area contributed by atoms with Crippen LogP contribution in [0.4, 0.5) is 10.3 Å². The molecule has 34 heavy (non-hydrogen) atoms. The van der Waals surface area contributed by atoms with Crippen LogP contribution in [0, 0.1) is 12.7 Å². The van der Waals surface area contributed by atoms with Gasteiger partial charge in [-0.15, -0.1) is 0 Å². The van der Waals surface area contributed by atoms with Crippen LogP contribution in [-0.2, 0) is 13.0 Å². The van der Waals surface area contributed by atoms with Gasteiger partial charge in [-0.3, -0.25) is 9.20 Å². The number of carbonyl (C=O) groups is 1. The summed E-state index contributed by atoms with van der Waals surface area (Å²) in [5.74, 6) is 1.44. The Bertz CT molecular complexity index is 1460. The Hall–Kier alpha value is -4.08. The fourth-order valence-corrected chi connectivity index (χ4v) is 4.38. The fraction of sp³-hybridized carbons (Fsp3) is 0.292. The van der Waals surface area contributed by atoms with E-state index in [9.17, 15) is 9.18 Å². The molecule has 2 aliphatic rings. The minimum absolute atomic E-state index is 0.102. The monoisotopic (exact) mass is 459 g/mol. The standard InChI is InChI=1S/C24H22FN7O2/c1-12-15(8-27-22(30-12)13-2-3-13)17-10-29-24(32-11-19(21(26)33)31-23(17)32)28-9-16-14-6-7-34-20(14)5-4-18(16)25/h4-5,8,10-11,13H,2-3,6-7,9H2,1H3,(H2,26,33)(H,28,29). The molecule has 1 aliphatic carbocycles.